The summed E-state index contributed by atoms with van der Waals surface area (Å²) in [5.74, 6) is -0.592. The minimum atomic E-state index is -3.29. The second kappa shape index (κ2) is 7.68. The van der Waals surface area contributed by atoms with Crippen molar-refractivity contribution in [3.63, 3.8) is 0 Å². The molecule has 0 saturated heterocycles. The van der Waals surface area contributed by atoms with Gasteiger partial charge in [-0.2, -0.15) is 0 Å². The summed E-state index contributed by atoms with van der Waals surface area (Å²) in [6.07, 6.45) is 1.12. The average molecular weight is 442 g/mol. The van der Waals surface area contributed by atoms with Crippen LogP contribution in [0.25, 0.3) is 0 Å². The van der Waals surface area contributed by atoms with Crippen molar-refractivity contribution in [3.05, 3.63) is 55.7 Å². The first-order chi connectivity index (χ1) is 11.5. The van der Waals surface area contributed by atoms with Crippen LogP contribution in [0.2, 0.25) is 20.2 Å². The summed E-state index contributed by atoms with van der Waals surface area (Å²) >= 11 is 23.6. The maximum absolute atomic E-state index is 12.4. The van der Waals surface area contributed by atoms with E-state index in [2.05, 4.69) is 10.3 Å². The minimum Gasteiger partial charge on any atom is -0.344 e. The highest BCUT2D eigenvalue weighted by Crippen LogP contribution is 2.36. The number of sulfone groups is 1. The summed E-state index contributed by atoms with van der Waals surface area (Å²) in [7, 11) is -3.29. The van der Waals surface area contributed by atoms with E-state index < -0.39 is 21.8 Å². The maximum atomic E-state index is 12.4. The maximum Gasteiger partial charge on any atom is 0.272 e. The molecule has 0 unspecified atom stereocenters. The lowest BCUT2D eigenvalue weighted by Gasteiger charge is -2.15. The van der Waals surface area contributed by atoms with Crippen molar-refractivity contribution >= 4 is 62.1 Å². The lowest BCUT2D eigenvalue weighted by Crippen LogP contribution is -2.28. The molecule has 10 heteroatoms. The number of benzene rings is 1. The van der Waals surface area contributed by atoms with Crippen LogP contribution in [-0.2, 0) is 9.84 Å². The van der Waals surface area contributed by atoms with Crippen LogP contribution in [0.1, 0.15) is 29.0 Å². The minimum absolute atomic E-state index is 0.0331. The Kier molecular flexibility index (Phi) is 6.22. The van der Waals surface area contributed by atoms with E-state index in [4.69, 9.17) is 46.4 Å². The van der Waals surface area contributed by atoms with Crippen molar-refractivity contribution in [2.45, 2.75) is 17.9 Å². The lowest BCUT2D eigenvalue weighted by atomic mass is 10.1. The topological polar surface area (TPSA) is 76.1 Å². The number of hydrogen-bond donors (Lipinski definition) is 1. The van der Waals surface area contributed by atoms with Crippen LogP contribution in [-0.4, -0.2) is 25.6 Å². The molecule has 0 saturated carbocycles. The normalized spacial score (nSPS) is 12.7. The molecule has 25 heavy (non-hydrogen) atoms. The van der Waals surface area contributed by atoms with Gasteiger partial charge in [0.2, 0.25) is 0 Å². The van der Waals surface area contributed by atoms with Crippen molar-refractivity contribution in [2.75, 3.05) is 6.26 Å². The Hall–Kier alpha value is -1.05. The molecule has 0 aliphatic heterocycles. The number of hydrogen-bond acceptors (Lipinski definition) is 4. The number of carbonyl (C=O) groups is 1. The van der Waals surface area contributed by atoms with E-state index in [0.717, 1.165) is 6.26 Å². The van der Waals surface area contributed by atoms with Crippen LogP contribution >= 0.6 is 46.4 Å². The summed E-state index contributed by atoms with van der Waals surface area (Å²) in [6.45, 7) is 1.72. The van der Waals surface area contributed by atoms with Crippen molar-refractivity contribution < 1.29 is 13.2 Å². The van der Waals surface area contributed by atoms with E-state index >= 15 is 0 Å². The summed E-state index contributed by atoms with van der Waals surface area (Å²) in [4.78, 5) is 16.4. The quantitative estimate of drug-likeness (QED) is 0.704. The Morgan fingerprint density at radius 2 is 1.60 bits per heavy atom. The van der Waals surface area contributed by atoms with Gasteiger partial charge >= 0.3 is 0 Å². The van der Waals surface area contributed by atoms with Crippen LogP contribution in [0, 0.1) is 0 Å². The van der Waals surface area contributed by atoms with Crippen LogP contribution < -0.4 is 5.32 Å². The van der Waals surface area contributed by atoms with Gasteiger partial charge in [0.25, 0.3) is 5.91 Å². The Bertz CT molecular complexity index is 931. The molecule has 1 amide bonds. The highest BCUT2D eigenvalue weighted by Gasteiger charge is 2.22. The molecule has 1 aromatic carbocycles. The molecule has 134 valence electrons. The third-order valence-electron chi connectivity index (χ3n) is 3.36. The van der Waals surface area contributed by atoms with Gasteiger partial charge in [-0.15, -0.1) is 0 Å². The fourth-order valence-electron chi connectivity index (χ4n) is 1.99. The predicted molar refractivity (Wildman–Crippen MR) is 99.7 cm³/mol. The fourth-order valence-corrected chi connectivity index (χ4v) is 3.43. The predicted octanol–water partition coefficient (Wildman–Crippen LogP) is 4.59. The van der Waals surface area contributed by atoms with Gasteiger partial charge in [0, 0.05) is 6.26 Å². The van der Waals surface area contributed by atoms with Crippen LogP contribution in [0.15, 0.2) is 29.2 Å². The van der Waals surface area contributed by atoms with Gasteiger partial charge in [-0.25, -0.2) is 13.4 Å². The lowest BCUT2D eigenvalue weighted by molar-refractivity contribution is 0.0935. The van der Waals surface area contributed by atoms with Crippen molar-refractivity contribution in [1.82, 2.24) is 10.3 Å². The number of halogens is 4. The number of rotatable bonds is 4. The molecule has 5 nitrogen and oxygen atoms in total. The molecule has 0 bridgehead atoms. The zero-order chi connectivity index (χ0) is 18.9. The first-order valence-corrected chi connectivity index (χ1v) is 10.2. The second-order valence-corrected chi connectivity index (χ2v) is 8.74. The molecule has 2 aromatic rings. The Morgan fingerprint density at radius 1 is 1.04 bits per heavy atom. The molecule has 1 N–H and O–H groups in total. The monoisotopic (exact) mass is 440 g/mol. The zero-order valence-electron chi connectivity index (χ0n) is 13.0. The van der Waals surface area contributed by atoms with Gasteiger partial charge in [0.15, 0.2) is 9.84 Å². The molecule has 0 spiro atoms. The molecule has 0 aliphatic rings. The molecular formula is C15H12Cl4N2O3S. The fraction of sp³-hybridized carbons (Fsp3) is 0.200. The summed E-state index contributed by atoms with van der Waals surface area (Å²) in [5.41, 5.74) is 0.545. The average Bonchev–Trinajstić information content (AvgIpc) is 2.55. The molecule has 1 heterocycles. The van der Waals surface area contributed by atoms with Gasteiger partial charge < -0.3 is 5.32 Å². The van der Waals surface area contributed by atoms with Crippen LogP contribution in [0.5, 0.6) is 0 Å². The van der Waals surface area contributed by atoms with Crippen LogP contribution in [0.4, 0.5) is 0 Å². The zero-order valence-corrected chi connectivity index (χ0v) is 16.8. The third kappa shape index (κ3) is 4.57. The standard InChI is InChI=1S/C15H12Cl4N2O3S/c1-7(8-3-5-9(6-4-8)25(2,23)24)20-15(22)13-11(17)10(16)12(18)14(19)21-13/h3-7H,1-2H3,(H,20,22)/t7-/m0/s1. The van der Waals surface area contributed by atoms with Crippen molar-refractivity contribution in [2.24, 2.45) is 0 Å². The van der Waals surface area contributed by atoms with Gasteiger partial charge in [-0.05, 0) is 24.6 Å². The first-order valence-electron chi connectivity index (χ1n) is 6.83. The molecule has 1 aromatic heterocycles. The number of nitrogens with zero attached hydrogens (tertiary/aromatic N) is 1. The highest BCUT2D eigenvalue weighted by atomic mass is 35.5. The second-order valence-electron chi connectivity index (χ2n) is 5.23. The number of pyridine rings is 1. The largest absolute Gasteiger partial charge is 0.344 e. The summed E-state index contributed by atoms with van der Waals surface area (Å²) in [5, 5.41) is 2.36. The van der Waals surface area contributed by atoms with E-state index in [9.17, 15) is 13.2 Å². The highest BCUT2D eigenvalue weighted by molar-refractivity contribution is 7.90. The van der Waals surface area contributed by atoms with Gasteiger partial charge in [-0.3, -0.25) is 4.79 Å². The number of amides is 1. The van der Waals surface area contributed by atoms with Crippen LogP contribution in [0.3, 0.4) is 0 Å². The Labute approximate surface area is 165 Å². The van der Waals surface area contributed by atoms with Gasteiger partial charge in [-0.1, -0.05) is 58.5 Å². The van der Waals surface area contributed by atoms with Crippen molar-refractivity contribution in [3.8, 4) is 0 Å². The van der Waals surface area contributed by atoms with E-state index in [0.29, 0.717) is 5.56 Å². The third-order valence-corrected chi connectivity index (χ3v) is 6.16. The number of carbonyl (C=O) groups excluding carboxylic acids is 1. The van der Waals surface area contributed by atoms with E-state index in [1.54, 1.807) is 19.1 Å². The molecular weight excluding hydrogens is 430 g/mol. The molecule has 2 rings (SSSR count). The van der Waals surface area contributed by atoms with Gasteiger partial charge in [0.05, 0.1) is 26.0 Å². The smallest absolute Gasteiger partial charge is 0.272 e. The van der Waals surface area contributed by atoms with E-state index in [-0.39, 0.29) is 30.8 Å². The molecule has 0 aliphatic carbocycles. The van der Waals surface area contributed by atoms with Gasteiger partial charge in [0.1, 0.15) is 10.8 Å². The van der Waals surface area contributed by atoms with E-state index in [1.807, 2.05) is 0 Å². The number of nitrogens with one attached hydrogen (secondary N) is 1. The molecule has 1 atom stereocenters. The summed E-state index contributed by atoms with van der Waals surface area (Å²) in [6, 6.07) is 5.71. The molecule has 0 fully saturated rings. The Morgan fingerprint density at radius 3 is 2.12 bits per heavy atom. The SMILES string of the molecule is C[C@H](NC(=O)c1nc(Cl)c(Cl)c(Cl)c1Cl)c1ccc(S(C)(=O)=O)cc1. The van der Waals surface area contributed by atoms with Crippen molar-refractivity contribution in [1.29, 1.82) is 0 Å². The molecule has 0 radical (unpaired) electrons. The number of aromatic nitrogens is 1. The summed E-state index contributed by atoms with van der Waals surface area (Å²) < 4.78 is 23.0. The van der Waals surface area contributed by atoms with E-state index in [1.165, 1.54) is 12.1 Å². The Balaban J connectivity index is 2.24. The first kappa shape index (κ1) is 20.3.